The summed E-state index contributed by atoms with van der Waals surface area (Å²) in [7, 11) is 0. The number of aromatic nitrogens is 2. The maximum atomic E-state index is 5.60. The van der Waals surface area contributed by atoms with Crippen molar-refractivity contribution in [2.75, 3.05) is 0 Å². The van der Waals surface area contributed by atoms with Crippen LogP contribution in [-0.2, 0) is 0 Å². The van der Waals surface area contributed by atoms with Crippen LogP contribution in [-0.4, -0.2) is 15.7 Å². The molecule has 5 heteroatoms. The van der Waals surface area contributed by atoms with Gasteiger partial charge in [0.15, 0.2) is 5.15 Å². The topological polar surface area (TPSA) is 37.8 Å². The van der Waals surface area contributed by atoms with Gasteiger partial charge in [-0.15, -0.1) is 10.2 Å². The largest absolute Gasteiger partial charge is 0.253 e. The molecule has 1 rings (SSSR count). The maximum Gasteiger partial charge on any atom is 0.151 e. The molecule has 0 amide bonds. The number of nitrogens with one attached hydrogen (secondary N) is 1. The SMILES string of the molecule is CC(C)(C)NSc1ccc(Cl)nn1. The zero-order valence-electron chi connectivity index (χ0n) is 7.84. The zero-order valence-corrected chi connectivity index (χ0v) is 9.41. The van der Waals surface area contributed by atoms with Gasteiger partial charge in [-0.05, 0) is 44.9 Å². The first-order valence-electron chi connectivity index (χ1n) is 3.91. The van der Waals surface area contributed by atoms with Crippen molar-refractivity contribution in [3.05, 3.63) is 17.3 Å². The Labute approximate surface area is 87.4 Å². The Kier molecular flexibility index (Phi) is 3.53. The van der Waals surface area contributed by atoms with Gasteiger partial charge < -0.3 is 0 Å². The minimum atomic E-state index is 0.0615. The molecule has 1 N–H and O–H groups in total. The summed E-state index contributed by atoms with van der Waals surface area (Å²) in [6.45, 7) is 6.26. The number of hydrogen-bond donors (Lipinski definition) is 1. The predicted molar refractivity (Wildman–Crippen MR) is 55.8 cm³/mol. The first-order valence-corrected chi connectivity index (χ1v) is 5.10. The van der Waals surface area contributed by atoms with Crippen LogP contribution in [0.3, 0.4) is 0 Å². The summed E-state index contributed by atoms with van der Waals surface area (Å²) in [5.41, 5.74) is 0.0615. The zero-order chi connectivity index (χ0) is 9.90. The molecule has 0 atom stereocenters. The van der Waals surface area contributed by atoms with Gasteiger partial charge in [0.1, 0.15) is 5.03 Å². The molecule has 0 fully saturated rings. The Morgan fingerprint density at radius 3 is 2.46 bits per heavy atom. The second-order valence-corrected chi connectivity index (χ2v) is 4.86. The van der Waals surface area contributed by atoms with Gasteiger partial charge >= 0.3 is 0 Å². The fraction of sp³-hybridized carbons (Fsp3) is 0.500. The number of halogens is 1. The lowest BCUT2D eigenvalue weighted by Gasteiger charge is -2.18. The van der Waals surface area contributed by atoms with E-state index < -0.39 is 0 Å². The number of nitrogens with zero attached hydrogens (tertiary/aromatic N) is 2. The molecule has 0 saturated carbocycles. The average molecular weight is 218 g/mol. The summed E-state index contributed by atoms with van der Waals surface area (Å²) >= 11 is 7.05. The minimum absolute atomic E-state index is 0.0615. The quantitative estimate of drug-likeness (QED) is 0.773. The van der Waals surface area contributed by atoms with Crippen LogP contribution in [0.2, 0.25) is 5.15 Å². The van der Waals surface area contributed by atoms with Crippen molar-refractivity contribution in [2.24, 2.45) is 0 Å². The smallest absolute Gasteiger partial charge is 0.151 e. The molecule has 0 spiro atoms. The fourth-order valence-corrected chi connectivity index (χ4v) is 1.29. The van der Waals surface area contributed by atoms with E-state index in [1.807, 2.05) is 6.07 Å². The van der Waals surface area contributed by atoms with E-state index in [2.05, 4.69) is 35.7 Å². The van der Waals surface area contributed by atoms with Crippen molar-refractivity contribution < 1.29 is 0 Å². The third-order valence-corrected chi connectivity index (χ3v) is 2.41. The predicted octanol–water partition coefficient (Wildman–Crippen LogP) is 2.53. The van der Waals surface area contributed by atoms with Gasteiger partial charge in [-0.2, -0.15) is 0 Å². The molecule has 0 unspecified atom stereocenters. The van der Waals surface area contributed by atoms with Gasteiger partial charge in [0, 0.05) is 5.54 Å². The van der Waals surface area contributed by atoms with Crippen LogP contribution in [0.4, 0.5) is 0 Å². The van der Waals surface area contributed by atoms with Gasteiger partial charge in [0.25, 0.3) is 0 Å². The highest BCUT2D eigenvalue weighted by Gasteiger charge is 2.09. The van der Waals surface area contributed by atoms with Crippen molar-refractivity contribution in [3.8, 4) is 0 Å². The van der Waals surface area contributed by atoms with E-state index in [9.17, 15) is 0 Å². The number of rotatable bonds is 2. The third kappa shape index (κ3) is 4.45. The molecular weight excluding hydrogens is 206 g/mol. The summed E-state index contributed by atoms with van der Waals surface area (Å²) in [6.07, 6.45) is 0. The van der Waals surface area contributed by atoms with Crippen molar-refractivity contribution in [3.63, 3.8) is 0 Å². The normalized spacial score (nSPS) is 11.7. The van der Waals surface area contributed by atoms with E-state index in [0.29, 0.717) is 5.15 Å². The minimum Gasteiger partial charge on any atom is -0.253 e. The summed E-state index contributed by atoms with van der Waals surface area (Å²) in [6, 6.07) is 3.56. The van der Waals surface area contributed by atoms with Crippen molar-refractivity contribution in [1.29, 1.82) is 0 Å². The van der Waals surface area contributed by atoms with Gasteiger partial charge in [-0.3, -0.25) is 4.72 Å². The van der Waals surface area contributed by atoms with Gasteiger partial charge in [0.2, 0.25) is 0 Å². The summed E-state index contributed by atoms with van der Waals surface area (Å²) in [4.78, 5) is 0. The molecule has 0 radical (unpaired) electrons. The Bertz CT molecular complexity index is 268. The van der Waals surface area contributed by atoms with Crippen molar-refractivity contribution in [1.82, 2.24) is 14.9 Å². The molecule has 1 aromatic rings. The first-order chi connectivity index (χ1) is 5.97. The lowest BCUT2D eigenvalue weighted by atomic mass is 10.1. The summed E-state index contributed by atoms with van der Waals surface area (Å²) in [5.74, 6) is 0. The molecule has 0 aromatic carbocycles. The van der Waals surface area contributed by atoms with E-state index in [4.69, 9.17) is 11.6 Å². The van der Waals surface area contributed by atoms with E-state index in [0.717, 1.165) is 5.03 Å². The third-order valence-electron chi connectivity index (χ3n) is 1.07. The second kappa shape index (κ2) is 4.26. The molecule has 72 valence electrons. The molecule has 0 aliphatic rings. The molecular formula is C8H12ClN3S. The molecule has 0 bridgehead atoms. The van der Waals surface area contributed by atoms with Gasteiger partial charge in [-0.1, -0.05) is 11.6 Å². The highest BCUT2D eigenvalue weighted by atomic mass is 35.5. The van der Waals surface area contributed by atoms with Gasteiger partial charge in [-0.25, -0.2) is 0 Å². The second-order valence-electron chi connectivity index (χ2n) is 3.65. The van der Waals surface area contributed by atoms with E-state index in [1.54, 1.807) is 6.07 Å². The van der Waals surface area contributed by atoms with Crippen LogP contribution in [0.5, 0.6) is 0 Å². The van der Waals surface area contributed by atoms with Crippen LogP contribution >= 0.6 is 23.5 Å². The van der Waals surface area contributed by atoms with Crippen LogP contribution < -0.4 is 4.72 Å². The van der Waals surface area contributed by atoms with Gasteiger partial charge in [0.05, 0.1) is 0 Å². The Hall–Kier alpha value is -0.320. The summed E-state index contributed by atoms with van der Waals surface area (Å²) < 4.78 is 3.23. The molecule has 0 aliphatic heterocycles. The lowest BCUT2D eigenvalue weighted by Crippen LogP contribution is -2.29. The van der Waals surface area contributed by atoms with Crippen LogP contribution in [0, 0.1) is 0 Å². The van der Waals surface area contributed by atoms with Crippen LogP contribution in [0.15, 0.2) is 17.2 Å². The molecule has 3 nitrogen and oxygen atoms in total. The Morgan fingerprint density at radius 2 is 2.00 bits per heavy atom. The van der Waals surface area contributed by atoms with Crippen molar-refractivity contribution in [2.45, 2.75) is 31.3 Å². The van der Waals surface area contributed by atoms with E-state index >= 15 is 0 Å². The molecule has 13 heavy (non-hydrogen) atoms. The fourth-order valence-electron chi connectivity index (χ4n) is 0.564. The number of hydrogen-bond acceptors (Lipinski definition) is 4. The molecule has 0 saturated heterocycles. The highest BCUT2D eigenvalue weighted by Crippen LogP contribution is 2.15. The maximum absolute atomic E-state index is 5.60. The first kappa shape index (κ1) is 10.8. The molecule has 1 aromatic heterocycles. The standard InChI is InChI=1S/C8H12ClN3S/c1-8(2,3)12-13-7-5-4-6(9)10-11-7/h4-5,12H,1-3H3. The summed E-state index contributed by atoms with van der Waals surface area (Å²) in [5, 5.41) is 8.87. The Morgan fingerprint density at radius 1 is 1.31 bits per heavy atom. The van der Waals surface area contributed by atoms with E-state index in [1.165, 1.54) is 11.9 Å². The van der Waals surface area contributed by atoms with Crippen LogP contribution in [0.1, 0.15) is 20.8 Å². The average Bonchev–Trinajstić information content (AvgIpc) is 2.02. The molecule has 1 heterocycles. The molecule has 0 aliphatic carbocycles. The van der Waals surface area contributed by atoms with E-state index in [-0.39, 0.29) is 5.54 Å². The van der Waals surface area contributed by atoms with Crippen molar-refractivity contribution >= 4 is 23.5 Å². The lowest BCUT2D eigenvalue weighted by molar-refractivity contribution is 0.535. The van der Waals surface area contributed by atoms with Crippen LogP contribution in [0.25, 0.3) is 0 Å². The monoisotopic (exact) mass is 217 g/mol. The highest BCUT2D eigenvalue weighted by molar-refractivity contribution is 7.97. The Balaban J connectivity index is 2.51.